The van der Waals surface area contributed by atoms with Crippen molar-refractivity contribution in [1.29, 1.82) is 0 Å². The fraction of sp³-hybridized carbons (Fsp3) is 0.462. The molecule has 75 heavy (non-hydrogen) atoms. The molecule has 2 aromatic heterocycles. The van der Waals surface area contributed by atoms with Gasteiger partial charge in [-0.3, -0.25) is 19.2 Å². The number of anilines is 2. The molecular formula is C52H70F2N6O12S2Si. The lowest BCUT2D eigenvalue weighted by molar-refractivity contribution is -0.144. The predicted molar refractivity (Wildman–Crippen MR) is 288 cm³/mol. The molecule has 0 unspecified atom stereocenters. The van der Waals surface area contributed by atoms with Crippen LogP contribution in [-0.2, 0) is 53.1 Å². The Kier molecular flexibility index (Phi) is 22.4. The average molecular weight is 1100 g/mol. The zero-order chi connectivity index (χ0) is 57.0. The Morgan fingerprint density at radius 2 is 1.00 bits per heavy atom. The molecule has 0 aliphatic carbocycles. The molecule has 0 saturated carbocycles. The smallest absolute Gasteiger partial charge is 0.308 e. The number of halogens is 2. The van der Waals surface area contributed by atoms with Crippen molar-refractivity contribution in [1.82, 2.24) is 19.9 Å². The highest BCUT2D eigenvalue weighted by atomic mass is 32.2. The number of aliphatic hydroxyl groups excluding tert-OH is 1. The molecule has 0 radical (unpaired) electrons. The lowest BCUT2D eigenvalue weighted by atomic mass is 9.97. The number of allylic oxidation sites excluding steroid dienone is 2. The van der Waals surface area contributed by atoms with E-state index in [-0.39, 0.29) is 60.2 Å². The monoisotopic (exact) mass is 1100 g/mol. The molecule has 410 valence electrons. The number of benzene rings is 2. The van der Waals surface area contributed by atoms with Crippen molar-refractivity contribution < 1.29 is 63.8 Å². The summed E-state index contributed by atoms with van der Waals surface area (Å²) in [4.78, 5) is 66.9. The van der Waals surface area contributed by atoms with Gasteiger partial charge in [0.25, 0.3) is 0 Å². The number of rotatable bonds is 22. The molecule has 0 saturated heterocycles. The van der Waals surface area contributed by atoms with Crippen molar-refractivity contribution >= 4 is 75.9 Å². The van der Waals surface area contributed by atoms with Gasteiger partial charge in [0.2, 0.25) is 31.9 Å². The summed E-state index contributed by atoms with van der Waals surface area (Å²) in [5.74, 6) is -3.20. The normalized spacial score (nSPS) is 13.1. The predicted octanol–water partition coefficient (Wildman–Crippen LogP) is 8.43. The largest absolute Gasteiger partial charge is 0.469 e. The van der Waals surface area contributed by atoms with Gasteiger partial charge in [-0.05, 0) is 103 Å². The van der Waals surface area contributed by atoms with Crippen LogP contribution in [0.4, 0.5) is 20.7 Å². The van der Waals surface area contributed by atoms with Crippen LogP contribution in [0.15, 0.2) is 60.7 Å². The maximum absolute atomic E-state index is 13.7. The van der Waals surface area contributed by atoms with E-state index in [0.29, 0.717) is 45.0 Å². The lowest BCUT2D eigenvalue weighted by Gasteiger charge is -2.39. The molecule has 0 spiro atoms. The lowest BCUT2D eigenvalue weighted by Crippen LogP contribution is -2.44. The number of carbonyl (C=O) groups excluding carboxylic acids is 4. The fourth-order valence-corrected chi connectivity index (χ4v) is 8.81. The molecule has 0 aliphatic heterocycles. The van der Waals surface area contributed by atoms with E-state index in [1.165, 1.54) is 95.1 Å². The third-order valence-electron chi connectivity index (χ3n) is 12.1. The van der Waals surface area contributed by atoms with Crippen molar-refractivity contribution in [2.24, 2.45) is 0 Å². The van der Waals surface area contributed by atoms with E-state index in [2.05, 4.69) is 45.4 Å². The highest BCUT2D eigenvalue weighted by Gasteiger charge is 2.40. The first-order valence-electron chi connectivity index (χ1n) is 23.7. The zero-order valence-electron chi connectivity index (χ0n) is 45.3. The molecule has 1 N–H and O–H groups in total. The van der Waals surface area contributed by atoms with Gasteiger partial charge in [-0.15, -0.1) is 0 Å². The van der Waals surface area contributed by atoms with Gasteiger partial charge in [0, 0.05) is 49.2 Å². The highest BCUT2D eigenvalue weighted by molar-refractivity contribution is 7.92. The number of esters is 2. The van der Waals surface area contributed by atoms with E-state index in [0.717, 1.165) is 21.1 Å². The Morgan fingerprint density at radius 1 is 0.640 bits per heavy atom. The molecule has 2 aromatic carbocycles. The van der Waals surface area contributed by atoms with Crippen LogP contribution in [0.5, 0.6) is 0 Å². The Morgan fingerprint density at radius 3 is 1.33 bits per heavy atom. The molecule has 2 atom stereocenters. The van der Waals surface area contributed by atoms with E-state index in [4.69, 9.17) is 9.16 Å². The standard InChI is InChI=1S/C29H42FN3O6SSi.C23H28FN3O6S/c1-19(2)26-24(16-15-22(34)17-23(18-25(35)38-7)39-41(9,10)29(3,4)5)27(20-11-13-21(30)14-12-20)32-28(31-26)33(6)40(8,36)37;1-14(2)21-19(11-10-17(28)12-18(29)13-20(30)33-4)22(15-6-8-16(24)9-7-15)26-23(25-21)27(3)34(5,31)32/h11-16,19,23H,17-18H2,1-10H3;6-11,14,18,29H,12-13H2,1-5H3/b16-15+;11-10+/t23-;18-/m01/s1. The Labute approximate surface area is 440 Å². The molecule has 0 bridgehead atoms. The van der Waals surface area contributed by atoms with Crippen molar-refractivity contribution in [3.05, 3.63) is 94.8 Å². The first-order valence-corrected chi connectivity index (χ1v) is 30.3. The number of aromatic nitrogens is 4. The maximum atomic E-state index is 13.7. The number of hydrogen-bond acceptors (Lipinski definition) is 16. The Bertz CT molecular complexity index is 2970. The second-order valence-electron chi connectivity index (χ2n) is 19.8. The highest BCUT2D eigenvalue weighted by Crippen LogP contribution is 2.39. The van der Waals surface area contributed by atoms with Crippen LogP contribution in [-0.4, -0.2) is 127 Å². The molecule has 4 aromatic rings. The number of ketones is 2. The zero-order valence-corrected chi connectivity index (χ0v) is 47.9. The second kappa shape index (κ2) is 26.6. The summed E-state index contributed by atoms with van der Waals surface area (Å²) in [5, 5.41) is 9.79. The van der Waals surface area contributed by atoms with Gasteiger partial charge < -0.3 is 19.0 Å². The third-order valence-corrected chi connectivity index (χ3v) is 18.9. The van der Waals surface area contributed by atoms with Crippen molar-refractivity contribution in [3.63, 3.8) is 0 Å². The van der Waals surface area contributed by atoms with Gasteiger partial charge in [-0.1, -0.05) is 48.5 Å². The second-order valence-corrected chi connectivity index (χ2v) is 28.6. The summed E-state index contributed by atoms with van der Waals surface area (Å²) in [7, 11) is -4.47. The van der Waals surface area contributed by atoms with Crippen molar-refractivity contribution in [2.45, 2.75) is 116 Å². The SMILES string of the molecule is COC(=O)C[C@H](CC(=O)/C=C/c1c(-c2ccc(F)cc2)nc(N(C)S(C)(=O)=O)nc1C(C)C)O[Si](C)(C)C(C)(C)C.COC(=O)C[C@H](O)CC(=O)/C=C/c1c(-c2ccc(F)cc2)nc(N(C)S(C)(=O)=O)nc1C(C)C. The topological polar surface area (TPSA) is 243 Å². The fourth-order valence-electron chi connectivity index (χ4n) is 6.70. The summed E-state index contributed by atoms with van der Waals surface area (Å²) < 4.78 is 93.6. The van der Waals surface area contributed by atoms with Crippen LogP contribution in [0, 0.1) is 11.6 Å². The van der Waals surface area contributed by atoms with Crippen LogP contribution < -0.4 is 8.61 Å². The van der Waals surface area contributed by atoms with Crippen LogP contribution in [0.2, 0.25) is 18.1 Å². The minimum absolute atomic E-state index is 0.0417. The molecule has 0 fully saturated rings. The number of aliphatic hydroxyl groups is 1. The van der Waals surface area contributed by atoms with Gasteiger partial charge in [-0.25, -0.2) is 54.2 Å². The molecule has 4 rings (SSSR count). The quantitative estimate of drug-likeness (QED) is 0.0441. The molecule has 23 heteroatoms. The summed E-state index contributed by atoms with van der Waals surface area (Å²) in [6.07, 6.45) is 5.17. The molecule has 0 aliphatic rings. The van der Waals surface area contributed by atoms with E-state index in [9.17, 15) is 49.9 Å². The number of hydrogen-bond donors (Lipinski definition) is 1. The molecule has 18 nitrogen and oxygen atoms in total. The van der Waals surface area contributed by atoms with Gasteiger partial charge in [0.15, 0.2) is 19.9 Å². The van der Waals surface area contributed by atoms with E-state index in [1.54, 1.807) is 6.08 Å². The van der Waals surface area contributed by atoms with Gasteiger partial charge >= 0.3 is 11.9 Å². The van der Waals surface area contributed by atoms with Crippen LogP contribution in [0.25, 0.3) is 34.7 Å². The van der Waals surface area contributed by atoms with Gasteiger partial charge in [0.1, 0.15) is 11.6 Å². The average Bonchev–Trinajstić information content (AvgIpc) is 3.31. The minimum Gasteiger partial charge on any atom is -0.469 e. The number of methoxy groups -OCH3 is 2. The van der Waals surface area contributed by atoms with Gasteiger partial charge in [0.05, 0.1) is 74.6 Å². The number of sulfonamides is 2. The van der Waals surface area contributed by atoms with Crippen LogP contribution in [0.3, 0.4) is 0 Å². The summed E-state index contributed by atoms with van der Waals surface area (Å²) >= 11 is 0. The molecule has 2 heterocycles. The third kappa shape index (κ3) is 18.6. The first kappa shape index (κ1) is 63.1. The summed E-state index contributed by atoms with van der Waals surface area (Å²) in [6, 6.07) is 11.1. The number of nitrogens with zero attached hydrogens (tertiary/aromatic N) is 6. The van der Waals surface area contributed by atoms with E-state index >= 15 is 0 Å². The van der Waals surface area contributed by atoms with Crippen molar-refractivity contribution in [2.75, 3.05) is 49.4 Å². The van der Waals surface area contributed by atoms with E-state index < -0.39 is 69.9 Å². The number of ether oxygens (including phenoxy) is 2. The molecular weight excluding hydrogens is 1030 g/mol. The summed E-state index contributed by atoms with van der Waals surface area (Å²) in [6.45, 7) is 17.8. The summed E-state index contributed by atoms with van der Waals surface area (Å²) in [5.41, 5.74) is 3.60. The van der Waals surface area contributed by atoms with E-state index in [1.807, 2.05) is 40.8 Å². The van der Waals surface area contributed by atoms with Gasteiger partial charge in [-0.2, -0.15) is 0 Å². The molecule has 0 amide bonds. The number of carbonyl (C=O) groups is 4. The maximum Gasteiger partial charge on any atom is 0.308 e. The Balaban J connectivity index is 0.000000402. The van der Waals surface area contributed by atoms with Crippen LogP contribution >= 0.6 is 0 Å². The Hall–Kier alpha value is -6.14. The first-order chi connectivity index (χ1) is 34.6. The van der Waals surface area contributed by atoms with Crippen molar-refractivity contribution in [3.8, 4) is 22.5 Å². The van der Waals surface area contributed by atoms with Crippen LogP contribution in [0.1, 0.15) is 109 Å². The minimum atomic E-state index is -3.67.